The van der Waals surface area contributed by atoms with Crippen LogP contribution in [-0.2, 0) is 4.79 Å². The summed E-state index contributed by atoms with van der Waals surface area (Å²) in [6.45, 7) is -0.194. The summed E-state index contributed by atoms with van der Waals surface area (Å²) in [5.74, 6) is -3.80. The van der Waals surface area contributed by atoms with E-state index in [4.69, 9.17) is 11.6 Å². The zero-order chi connectivity index (χ0) is 18.3. The van der Waals surface area contributed by atoms with Gasteiger partial charge in [-0.05, 0) is 12.1 Å². The van der Waals surface area contributed by atoms with Crippen LogP contribution in [0.25, 0.3) is 10.9 Å². The molecule has 2 heterocycles. The number of nitrogens with one attached hydrogen (secondary N) is 1. The van der Waals surface area contributed by atoms with Crippen LogP contribution in [-0.4, -0.2) is 59.2 Å². The van der Waals surface area contributed by atoms with Gasteiger partial charge in [-0.25, -0.2) is 8.78 Å². The first-order chi connectivity index (χ1) is 11.8. The Hall–Kier alpha value is -2.29. The number of hydrogen-bond donors (Lipinski definition) is 1. The van der Waals surface area contributed by atoms with Crippen LogP contribution < -0.4 is 0 Å². The predicted molar refractivity (Wildman–Crippen MR) is 81.7 cm³/mol. The summed E-state index contributed by atoms with van der Waals surface area (Å²) in [7, 11) is 0. The molecule has 1 aliphatic rings. The fraction of sp³-hybridized carbons (Fsp3) is 0.333. The van der Waals surface area contributed by atoms with Crippen LogP contribution >= 0.6 is 11.6 Å². The molecule has 1 N–H and O–H groups in total. The van der Waals surface area contributed by atoms with Gasteiger partial charge < -0.3 is 14.8 Å². The first-order valence-corrected chi connectivity index (χ1v) is 7.70. The van der Waals surface area contributed by atoms with Crippen molar-refractivity contribution in [2.45, 2.75) is 6.43 Å². The molecule has 0 radical (unpaired) electrons. The number of benzene rings is 1. The van der Waals surface area contributed by atoms with Gasteiger partial charge in [0, 0.05) is 26.2 Å². The topological polar surface area (TPSA) is 56.4 Å². The molecule has 0 spiro atoms. The summed E-state index contributed by atoms with van der Waals surface area (Å²) in [5, 5.41) is -0.658. The van der Waals surface area contributed by atoms with E-state index in [1.165, 1.54) is 11.0 Å². The minimum Gasteiger partial charge on any atom is -0.348 e. The Morgan fingerprint density at radius 2 is 1.68 bits per heavy atom. The highest BCUT2D eigenvalue weighted by molar-refractivity contribution is 6.35. The molecule has 1 fully saturated rings. The first-order valence-electron chi connectivity index (χ1n) is 7.32. The Kier molecular flexibility index (Phi) is 4.59. The average Bonchev–Trinajstić information content (AvgIpc) is 2.94. The standard InChI is InChI=1S/C15H12ClF4N3O2/c16-10-7(17)1-2-8-9(10)11(18)12(21-8)14(24)22-3-5-23(6-4-22)15(25)13(19)20/h1-2,13,21H,3-6H2. The fourth-order valence-corrected chi connectivity index (χ4v) is 3.01. The number of aromatic nitrogens is 1. The number of amides is 2. The number of H-pyrrole nitrogens is 1. The van der Waals surface area contributed by atoms with Gasteiger partial charge in [-0.3, -0.25) is 9.59 Å². The molecular weight excluding hydrogens is 366 g/mol. The number of hydrogen-bond acceptors (Lipinski definition) is 2. The van der Waals surface area contributed by atoms with Crippen molar-refractivity contribution < 1.29 is 27.2 Å². The van der Waals surface area contributed by atoms with Gasteiger partial charge in [0.1, 0.15) is 11.5 Å². The molecule has 10 heteroatoms. The molecule has 1 saturated heterocycles. The Labute approximate surface area is 144 Å². The number of piperazine rings is 1. The largest absolute Gasteiger partial charge is 0.348 e. The van der Waals surface area contributed by atoms with E-state index >= 15 is 0 Å². The highest BCUT2D eigenvalue weighted by Gasteiger charge is 2.31. The van der Waals surface area contributed by atoms with Gasteiger partial charge in [0.25, 0.3) is 11.8 Å². The van der Waals surface area contributed by atoms with Gasteiger partial charge in [0.05, 0.1) is 15.9 Å². The van der Waals surface area contributed by atoms with Crippen LogP contribution in [0.4, 0.5) is 17.6 Å². The van der Waals surface area contributed by atoms with Crippen molar-refractivity contribution in [3.05, 3.63) is 34.5 Å². The summed E-state index contributed by atoms with van der Waals surface area (Å²) in [4.78, 5) is 28.4. The summed E-state index contributed by atoms with van der Waals surface area (Å²) < 4.78 is 52.8. The Bertz CT molecular complexity index is 847. The van der Waals surface area contributed by atoms with Crippen LogP contribution in [0.2, 0.25) is 5.02 Å². The highest BCUT2D eigenvalue weighted by Crippen LogP contribution is 2.31. The van der Waals surface area contributed by atoms with Gasteiger partial charge in [-0.1, -0.05) is 11.6 Å². The monoisotopic (exact) mass is 377 g/mol. The van der Waals surface area contributed by atoms with Crippen LogP contribution in [0.1, 0.15) is 10.5 Å². The van der Waals surface area contributed by atoms with Gasteiger partial charge in [-0.15, -0.1) is 0 Å². The van der Waals surface area contributed by atoms with Crippen molar-refractivity contribution >= 4 is 34.3 Å². The summed E-state index contributed by atoms with van der Waals surface area (Å²) in [6.07, 6.45) is -3.11. The van der Waals surface area contributed by atoms with E-state index in [0.29, 0.717) is 0 Å². The van der Waals surface area contributed by atoms with Gasteiger partial charge in [-0.2, -0.15) is 8.78 Å². The second kappa shape index (κ2) is 6.55. The van der Waals surface area contributed by atoms with Gasteiger partial charge in [0.15, 0.2) is 5.82 Å². The molecule has 0 aliphatic carbocycles. The van der Waals surface area contributed by atoms with Crippen LogP contribution in [0.3, 0.4) is 0 Å². The van der Waals surface area contributed by atoms with Crippen molar-refractivity contribution in [1.29, 1.82) is 0 Å². The van der Waals surface area contributed by atoms with Crippen LogP contribution in [0, 0.1) is 11.6 Å². The van der Waals surface area contributed by atoms with E-state index in [9.17, 15) is 27.2 Å². The number of fused-ring (bicyclic) bond motifs is 1. The molecule has 0 saturated carbocycles. The van der Waals surface area contributed by atoms with E-state index in [-0.39, 0.29) is 37.1 Å². The number of halogens is 5. The van der Waals surface area contributed by atoms with Crippen molar-refractivity contribution in [1.82, 2.24) is 14.8 Å². The second-order valence-electron chi connectivity index (χ2n) is 5.52. The van der Waals surface area contributed by atoms with E-state index in [0.717, 1.165) is 11.0 Å². The number of aromatic amines is 1. The molecule has 134 valence electrons. The van der Waals surface area contributed by atoms with Crippen molar-refractivity contribution in [3.63, 3.8) is 0 Å². The summed E-state index contributed by atoms with van der Waals surface area (Å²) in [6, 6.07) is 2.30. The van der Waals surface area contributed by atoms with Crippen molar-refractivity contribution in [3.8, 4) is 0 Å². The van der Waals surface area contributed by atoms with Crippen LogP contribution in [0.5, 0.6) is 0 Å². The molecule has 5 nitrogen and oxygen atoms in total. The molecule has 3 rings (SSSR count). The van der Waals surface area contributed by atoms with Gasteiger partial charge >= 0.3 is 6.43 Å². The predicted octanol–water partition coefficient (Wildman–Crippen LogP) is 2.65. The summed E-state index contributed by atoms with van der Waals surface area (Å²) in [5.41, 5.74) is -0.227. The third kappa shape index (κ3) is 3.04. The molecule has 0 atom stereocenters. The fourth-order valence-electron chi connectivity index (χ4n) is 2.76. The maximum Gasteiger partial charge on any atom is 0.315 e. The third-order valence-electron chi connectivity index (χ3n) is 4.07. The normalized spacial score (nSPS) is 15.3. The zero-order valence-electron chi connectivity index (χ0n) is 12.7. The second-order valence-corrected chi connectivity index (χ2v) is 5.89. The molecular formula is C15H12ClF4N3O2. The smallest absolute Gasteiger partial charge is 0.315 e. The quantitative estimate of drug-likeness (QED) is 0.818. The SMILES string of the molecule is O=C(c1[nH]c2ccc(F)c(Cl)c2c1F)N1CCN(C(=O)C(F)F)CC1. The van der Waals surface area contributed by atoms with Crippen molar-refractivity contribution in [2.24, 2.45) is 0 Å². The van der Waals surface area contributed by atoms with E-state index in [1.54, 1.807) is 0 Å². The third-order valence-corrected chi connectivity index (χ3v) is 4.44. The van der Waals surface area contributed by atoms with E-state index in [1.807, 2.05) is 0 Å². The molecule has 0 bridgehead atoms. The minimum atomic E-state index is -3.11. The lowest BCUT2D eigenvalue weighted by molar-refractivity contribution is -0.144. The Morgan fingerprint density at radius 1 is 1.08 bits per heavy atom. The Morgan fingerprint density at radius 3 is 2.28 bits per heavy atom. The Balaban J connectivity index is 1.81. The minimum absolute atomic E-state index is 0.0197. The lowest BCUT2D eigenvalue weighted by atomic mass is 10.2. The number of rotatable bonds is 2. The molecule has 1 aliphatic heterocycles. The lowest BCUT2D eigenvalue weighted by Crippen LogP contribution is -2.52. The maximum absolute atomic E-state index is 14.5. The zero-order valence-corrected chi connectivity index (χ0v) is 13.4. The molecule has 1 aromatic carbocycles. The summed E-state index contributed by atoms with van der Waals surface area (Å²) >= 11 is 5.74. The van der Waals surface area contributed by atoms with Crippen LogP contribution in [0.15, 0.2) is 12.1 Å². The van der Waals surface area contributed by atoms with Gasteiger partial charge in [0.2, 0.25) is 0 Å². The maximum atomic E-state index is 14.5. The number of carbonyl (C=O) groups is 2. The number of carbonyl (C=O) groups excluding carboxylic acids is 2. The lowest BCUT2D eigenvalue weighted by Gasteiger charge is -2.34. The van der Waals surface area contributed by atoms with Crippen molar-refractivity contribution in [2.75, 3.05) is 26.2 Å². The highest BCUT2D eigenvalue weighted by atomic mass is 35.5. The number of alkyl halides is 2. The van der Waals surface area contributed by atoms with E-state index < -0.39 is 40.6 Å². The molecule has 2 aromatic rings. The molecule has 25 heavy (non-hydrogen) atoms. The molecule has 1 aromatic heterocycles. The van der Waals surface area contributed by atoms with E-state index in [2.05, 4.69) is 4.98 Å². The first kappa shape index (κ1) is 17.5. The molecule has 2 amide bonds. The average molecular weight is 378 g/mol. The number of nitrogens with zero attached hydrogens (tertiary/aromatic N) is 2. The molecule has 0 unspecified atom stereocenters.